The predicted octanol–water partition coefficient (Wildman–Crippen LogP) is 1.74. The Morgan fingerprint density at radius 3 is 2.43 bits per heavy atom. The first-order valence-electron chi connectivity index (χ1n) is 6.70. The molecule has 0 radical (unpaired) electrons. The summed E-state index contributed by atoms with van der Waals surface area (Å²) >= 11 is 6.19. The average Bonchev–Trinajstić information content (AvgIpc) is 2.88. The largest absolute Gasteiger partial charge is 0.358 e. The maximum atomic E-state index is 5.32. The van der Waals surface area contributed by atoms with Gasteiger partial charge in [0.15, 0.2) is 5.11 Å². The minimum absolute atomic E-state index is 0. The van der Waals surface area contributed by atoms with Gasteiger partial charge in [0.05, 0.1) is 0 Å². The summed E-state index contributed by atoms with van der Waals surface area (Å²) < 4.78 is 2.09. The third-order valence-corrected chi connectivity index (χ3v) is 3.67. The second-order valence-electron chi connectivity index (χ2n) is 5.32. The molecular formula is C14H27ClN6S2. The number of aromatic nitrogens is 1. The van der Waals surface area contributed by atoms with Gasteiger partial charge in [-0.25, -0.2) is 5.84 Å². The summed E-state index contributed by atoms with van der Waals surface area (Å²) in [5.74, 6) is 10.2. The first-order chi connectivity index (χ1) is 10.3. The van der Waals surface area contributed by atoms with Crippen LogP contribution in [0.4, 0.5) is 0 Å². The SMILES string of the molecule is C=CCNC(=S)NN.C=CCn1c(C(C)(C)C)csc1=NN.Cl. The number of halogens is 1. The van der Waals surface area contributed by atoms with E-state index in [1.165, 1.54) is 5.69 Å². The molecule has 0 spiro atoms. The van der Waals surface area contributed by atoms with Crippen LogP contribution in [0.15, 0.2) is 35.8 Å². The summed E-state index contributed by atoms with van der Waals surface area (Å²) in [5, 5.41) is 9.06. The molecule has 0 aliphatic carbocycles. The number of allylic oxidation sites excluding steroid dienone is 1. The molecule has 0 atom stereocenters. The normalized spacial score (nSPS) is 10.7. The van der Waals surface area contributed by atoms with Crippen LogP contribution in [0.1, 0.15) is 26.5 Å². The summed E-state index contributed by atoms with van der Waals surface area (Å²) in [6.07, 6.45) is 3.56. The fourth-order valence-electron chi connectivity index (χ4n) is 1.54. The van der Waals surface area contributed by atoms with Gasteiger partial charge in [0.1, 0.15) is 0 Å². The lowest BCUT2D eigenvalue weighted by atomic mass is 9.93. The number of hydrogen-bond donors (Lipinski definition) is 4. The number of thiazole rings is 1. The van der Waals surface area contributed by atoms with Crippen LogP contribution in [-0.2, 0) is 12.0 Å². The summed E-state index contributed by atoms with van der Waals surface area (Å²) in [5.41, 5.74) is 3.63. The number of hydrazine groups is 1. The van der Waals surface area contributed by atoms with Crippen molar-refractivity contribution in [2.24, 2.45) is 16.8 Å². The maximum absolute atomic E-state index is 5.32. The van der Waals surface area contributed by atoms with Gasteiger partial charge < -0.3 is 21.2 Å². The van der Waals surface area contributed by atoms with Gasteiger partial charge in [0, 0.05) is 29.6 Å². The van der Waals surface area contributed by atoms with E-state index in [2.05, 4.69) is 71.9 Å². The number of nitrogens with zero attached hydrogens (tertiary/aromatic N) is 2. The number of hydrogen-bond acceptors (Lipinski definition) is 5. The fourth-order valence-corrected chi connectivity index (χ4v) is 2.68. The highest BCUT2D eigenvalue weighted by molar-refractivity contribution is 7.80. The average molecular weight is 379 g/mol. The Hall–Kier alpha value is -1.35. The van der Waals surface area contributed by atoms with Gasteiger partial charge in [0.2, 0.25) is 4.80 Å². The monoisotopic (exact) mass is 378 g/mol. The van der Waals surface area contributed by atoms with Gasteiger partial charge in [-0.15, -0.1) is 36.9 Å². The number of rotatable bonds is 4. The van der Waals surface area contributed by atoms with Gasteiger partial charge in [-0.3, -0.25) is 0 Å². The fraction of sp³-hybridized carbons (Fsp3) is 0.429. The topological polar surface area (TPSA) is 93.4 Å². The number of nitrogens with one attached hydrogen (secondary N) is 2. The molecule has 0 bridgehead atoms. The van der Waals surface area contributed by atoms with E-state index in [-0.39, 0.29) is 17.8 Å². The highest BCUT2D eigenvalue weighted by Crippen LogP contribution is 2.22. The van der Waals surface area contributed by atoms with E-state index in [1.54, 1.807) is 17.4 Å². The molecule has 0 fully saturated rings. The van der Waals surface area contributed by atoms with E-state index >= 15 is 0 Å². The van der Waals surface area contributed by atoms with Crippen molar-refractivity contribution in [2.45, 2.75) is 32.7 Å². The van der Waals surface area contributed by atoms with E-state index in [1.807, 2.05) is 6.08 Å². The predicted molar refractivity (Wildman–Crippen MR) is 106 cm³/mol. The van der Waals surface area contributed by atoms with Crippen LogP contribution >= 0.6 is 36.0 Å². The van der Waals surface area contributed by atoms with Crippen molar-refractivity contribution in [3.05, 3.63) is 41.2 Å². The van der Waals surface area contributed by atoms with Crippen LogP contribution in [0, 0.1) is 0 Å². The van der Waals surface area contributed by atoms with E-state index in [0.717, 1.165) is 11.3 Å². The van der Waals surface area contributed by atoms with E-state index in [9.17, 15) is 0 Å². The van der Waals surface area contributed by atoms with E-state index < -0.39 is 0 Å². The highest BCUT2D eigenvalue weighted by Gasteiger charge is 2.18. The Balaban J connectivity index is 0. The zero-order valence-corrected chi connectivity index (χ0v) is 16.3. The van der Waals surface area contributed by atoms with Crippen LogP contribution in [0.3, 0.4) is 0 Å². The summed E-state index contributed by atoms with van der Waals surface area (Å²) in [6.45, 7) is 15.1. The third kappa shape index (κ3) is 8.75. The molecule has 132 valence electrons. The highest BCUT2D eigenvalue weighted by atomic mass is 35.5. The van der Waals surface area contributed by atoms with Gasteiger partial charge in [0.25, 0.3) is 0 Å². The molecule has 0 aliphatic heterocycles. The molecule has 0 amide bonds. The summed E-state index contributed by atoms with van der Waals surface area (Å²) in [7, 11) is 0. The zero-order chi connectivity index (χ0) is 17.2. The molecule has 0 aromatic carbocycles. The van der Waals surface area contributed by atoms with Crippen LogP contribution in [-0.4, -0.2) is 16.2 Å². The molecular weight excluding hydrogens is 352 g/mol. The quantitative estimate of drug-likeness (QED) is 0.277. The van der Waals surface area contributed by atoms with Crippen molar-refractivity contribution in [3.8, 4) is 0 Å². The van der Waals surface area contributed by atoms with Gasteiger partial charge in [-0.1, -0.05) is 32.9 Å². The lowest BCUT2D eigenvalue weighted by Crippen LogP contribution is -2.39. The summed E-state index contributed by atoms with van der Waals surface area (Å²) in [4.78, 5) is 0.842. The standard InChI is InChI=1S/C10H17N3S.C4H9N3S.ClH/c1-5-6-13-8(10(2,3)4)7-14-9(13)12-11;1-2-3-6-4(8)7-5;/h5,7H,1,6,11H2,2-4H3;2H,1,3,5H2,(H2,6,7,8);1H. The van der Waals surface area contributed by atoms with E-state index in [4.69, 9.17) is 11.7 Å². The zero-order valence-electron chi connectivity index (χ0n) is 13.8. The van der Waals surface area contributed by atoms with Crippen molar-refractivity contribution in [3.63, 3.8) is 0 Å². The van der Waals surface area contributed by atoms with Crippen molar-refractivity contribution < 1.29 is 0 Å². The first-order valence-corrected chi connectivity index (χ1v) is 7.99. The van der Waals surface area contributed by atoms with Crippen LogP contribution in [0.5, 0.6) is 0 Å². The Morgan fingerprint density at radius 2 is 2.04 bits per heavy atom. The minimum atomic E-state index is 0. The van der Waals surface area contributed by atoms with Gasteiger partial charge in [-0.2, -0.15) is 5.10 Å². The van der Waals surface area contributed by atoms with Crippen molar-refractivity contribution in [2.75, 3.05) is 6.54 Å². The van der Waals surface area contributed by atoms with E-state index in [0.29, 0.717) is 11.7 Å². The lowest BCUT2D eigenvalue weighted by molar-refractivity contribution is 0.526. The molecule has 9 heteroatoms. The Kier molecular flexibility index (Phi) is 12.6. The molecule has 1 aromatic rings. The molecule has 6 N–H and O–H groups in total. The Labute approximate surface area is 153 Å². The third-order valence-electron chi connectivity index (χ3n) is 2.53. The molecule has 1 rings (SSSR count). The molecule has 0 aliphatic rings. The molecule has 0 unspecified atom stereocenters. The minimum Gasteiger partial charge on any atom is -0.358 e. The van der Waals surface area contributed by atoms with Crippen molar-refractivity contribution >= 4 is 41.1 Å². The summed E-state index contributed by atoms with van der Waals surface area (Å²) in [6, 6.07) is 0. The van der Waals surface area contributed by atoms with Crippen molar-refractivity contribution in [1.29, 1.82) is 0 Å². The number of nitrogens with two attached hydrogens (primary N) is 2. The second-order valence-corrected chi connectivity index (χ2v) is 6.57. The first kappa shape index (κ1) is 23.9. The molecule has 1 heterocycles. The van der Waals surface area contributed by atoms with Crippen LogP contribution < -0.4 is 27.2 Å². The maximum Gasteiger partial charge on any atom is 0.208 e. The molecule has 23 heavy (non-hydrogen) atoms. The molecule has 0 saturated heterocycles. The molecule has 6 nitrogen and oxygen atoms in total. The van der Waals surface area contributed by atoms with Gasteiger partial charge >= 0.3 is 0 Å². The van der Waals surface area contributed by atoms with Crippen LogP contribution in [0.2, 0.25) is 0 Å². The Bertz CT molecular complexity index is 556. The van der Waals surface area contributed by atoms with Gasteiger partial charge in [-0.05, 0) is 12.2 Å². The van der Waals surface area contributed by atoms with Crippen molar-refractivity contribution in [1.82, 2.24) is 15.3 Å². The second kappa shape index (κ2) is 12.1. The number of thiocarbonyl (C=S) groups is 1. The van der Waals surface area contributed by atoms with Crippen LogP contribution in [0.25, 0.3) is 0 Å². The Morgan fingerprint density at radius 1 is 1.43 bits per heavy atom. The molecule has 0 saturated carbocycles. The lowest BCUT2D eigenvalue weighted by Gasteiger charge is -2.20. The molecule has 1 aromatic heterocycles. The smallest absolute Gasteiger partial charge is 0.208 e.